The molecular weight excluding hydrogens is 322 g/mol. The van der Waals surface area contributed by atoms with E-state index in [9.17, 15) is 14.9 Å². The Morgan fingerprint density at radius 1 is 1.48 bits per heavy atom. The molecule has 0 aliphatic rings. The number of nitrogens with two attached hydrogens (primary N) is 1. The number of hydrogen-bond donors (Lipinski definition) is 2. The first-order valence-electron chi connectivity index (χ1n) is 8.05. The van der Waals surface area contributed by atoms with Crippen LogP contribution in [0.3, 0.4) is 0 Å². The van der Waals surface area contributed by atoms with Crippen molar-refractivity contribution in [3.05, 3.63) is 52.6 Å². The Morgan fingerprint density at radius 3 is 2.72 bits per heavy atom. The van der Waals surface area contributed by atoms with Crippen LogP contribution in [0.5, 0.6) is 0 Å². The van der Waals surface area contributed by atoms with E-state index in [1.807, 2.05) is 20.8 Å². The highest BCUT2D eigenvalue weighted by molar-refractivity contribution is 5.95. The number of benzene rings is 1. The van der Waals surface area contributed by atoms with Gasteiger partial charge in [-0.2, -0.15) is 0 Å². The first-order valence-corrected chi connectivity index (χ1v) is 8.05. The number of carbonyl (C=O) groups excluding carboxylic acids is 1. The molecule has 1 aromatic carbocycles. The second kappa shape index (κ2) is 7.43. The summed E-state index contributed by atoms with van der Waals surface area (Å²) in [4.78, 5) is 27.3. The van der Waals surface area contributed by atoms with Gasteiger partial charge in [-0.05, 0) is 31.4 Å². The molecule has 0 aliphatic carbocycles. The lowest BCUT2D eigenvalue weighted by Gasteiger charge is -2.31. The van der Waals surface area contributed by atoms with Crippen LogP contribution >= 0.6 is 0 Å². The molecule has 0 radical (unpaired) electrons. The molecule has 2 rings (SSSR count). The summed E-state index contributed by atoms with van der Waals surface area (Å²) in [6.45, 7) is 6.25. The number of carbonyl (C=O) groups is 1. The molecule has 1 atom stereocenters. The van der Waals surface area contributed by atoms with Crippen LogP contribution < -0.4 is 11.1 Å². The van der Waals surface area contributed by atoms with E-state index in [1.165, 1.54) is 29.2 Å². The van der Waals surface area contributed by atoms with Crippen LogP contribution in [0.25, 0.3) is 5.69 Å². The van der Waals surface area contributed by atoms with Gasteiger partial charge in [0.25, 0.3) is 11.6 Å². The predicted molar refractivity (Wildman–Crippen MR) is 94.6 cm³/mol. The maximum absolute atomic E-state index is 12.6. The van der Waals surface area contributed by atoms with Gasteiger partial charge in [0, 0.05) is 36.1 Å². The van der Waals surface area contributed by atoms with Gasteiger partial charge in [-0.25, -0.2) is 4.98 Å². The molecule has 25 heavy (non-hydrogen) atoms. The van der Waals surface area contributed by atoms with Crippen LogP contribution in [0, 0.1) is 16.0 Å². The standard InChI is InChI=1S/C17H23N5O3/c1-12(2)9-17(3,10-18)20-16(23)13-4-5-14(15(8-13)22(24)25)21-7-6-19-11-21/h4-8,11-12H,9-10,18H2,1-3H3,(H,20,23). The number of nitro groups is 1. The van der Waals surface area contributed by atoms with Crippen LogP contribution in [0.15, 0.2) is 36.9 Å². The second-order valence-corrected chi connectivity index (χ2v) is 6.75. The van der Waals surface area contributed by atoms with Crippen molar-refractivity contribution in [1.82, 2.24) is 14.9 Å². The van der Waals surface area contributed by atoms with Gasteiger partial charge in [0.2, 0.25) is 0 Å². The number of nitrogens with one attached hydrogen (secondary N) is 1. The lowest BCUT2D eigenvalue weighted by Crippen LogP contribution is -2.52. The molecule has 0 saturated carbocycles. The molecule has 3 N–H and O–H groups in total. The first-order chi connectivity index (χ1) is 11.8. The van der Waals surface area contributed by atoms with Gasteiger partial charge in [0.15, 0.2) is 0 Å². The zero-order valence-electron chi connectivity index (χ0n) is 14.6. The lowest BCUT2D eigenvalue weighted by atomic mass is 9.90. The third-order valence-electron chi connectivity index (χ3n) is 3.94. The molecular formula is C17H23N5O3. The normalized spacial score (nSPS) is 13.5. The molecule has 8 nitrogen and oxygen atoms in total. The van der Waals surface area contributed by atoms with Crippen molar-refractivity contribution in [3.8, 4) is 5.69 Å². The summed E-state index contributed by atoms with van der Waals surface area (Å²) in [5, 5.41) is 14.3. The quantitative estimate of drug-likeness (QED) is 0.590. The van der Waals surface area contributed by atoms with E-state index in [0.717, 1.165) is 0 Å². The monoisotopic (exact) mass is 345 g/mol. The average Bonchev–Trinajstić information content (AvgIpc) is 3.07. The minimum absolute atomic E-state index is 0.163. The number of hydrogen-bond acceptors (Lipinski definition) is 5. The summed E-state index contributed by atoms with van der Waals surface area (Å²) in [7, 11) is 0. The van der Waals surface area contributed by atoms with Gasteiger partial charge in [0.05, 0.1) is 11.3 Å². The molecule has 1 unspecified atom stereocenters. The van der Waals surface area contributed by atoms with E-state index in [-0.39, 0.29) is 23.7 Å². The Labute approximate surface area is 146 Å². The molecule has 1 heterocycles. The number of nitro benzene ring substituents is 1. The zero-order valence-corrected chi connectivity index (χ0v) is 14.6. The lowest BCUT2D eigenvalue weighted by molar-refractivity contribution is -0.384. The van der Waals surface area contributed by atoms with Gasteiger partial charge in [-0.3, -0.25) is 14.9 Å². The summed E-state index contributed by atoms with van der Waals surface area (Å²) < 4.78 is 1.53. The van der Waals surface area contributed by atoms with Gasteiger partial charge in [-0.15, -0.1) is 0 Å². The molecule has 0 fully saturated rings. The highest BCUT2D eigenvalue weighted by Gasteiger charge is 2.27. The molecule has 0 spiro atoms. The summed E-state index contributed by atoms with van der Waals surface area (Å²) in [6.07, 6.45) is 5.32. The van der Waals surface area contributed by atoms with Gasteiger partial charge in [0.1, 0.15) is 5.69 Å². The number of nitrogens with zero attached hydrogens (tertiary/aromatic N) is 3. The predicted octanol–water partition coefficient (Wildman–Crippen LogP) is 2.27. The number of rotatable bonds is 7. The third kappa shape index (κ3) is 4.42. The fourth-order valence-electron chi connectivity index (χ4n) is 2.86. The summed E-state index contributed by atoms with van der Waals surface area (Å²) in [6, 6.07) is 4.37. The SMILES string of the molecule is CC(C)CC(C)(CN)NC(=O)c1ccc(-n2ccnc2)c([N+](=O)[O-])c1. The smallest absolute Gasteiger partial charge is 0.294 e. The second-order valence-electron chi connectivity index (χ2n) is 6.75. The third-order valence-corrected chi connectivity index (χ3v) is 3.94. The van der Waals surface area contributed by atoms with Crippen molar-refractivity contribution in [1.29, 1.82) is 0 Å². The molecule has 134 valence electrons. The Morgan fingerprint density at radius 2 is 2.20 bits per heavy atom. The van der Waals surface area contributed by atoms with Crippen molar-refractivity contribution in [2.75, 3.05) is 6.54 Å². The highest BCUT2D eigenvalue weighted by Crippen LogP contribution is 2.25. The minimum atomic E-state index is -0.566. The van der Waals surface area contributed by atoms with E-state index in [2.05, 4.69) is 10.3 Å². The van der Waals surface area contributed by atoms with E-state index in [0.29, 0.717) is 18.0 Å². The minimum Gasteiger partial charge on any atom is -0.346 e. The Balaban J connectivity index is 2.32. The molecule has 2 aromatic rings. The van der Waals surface area contributed by atoms with Crippen LogP contribution in [-0.2, 0) is 0 Å². The van der Waals surface area contributed by atoms with Crippen molar-refractivity contribution >= 4 is 11.6 Å². The zero-order chi connectivity index (χ0) is 18.6. The number of amides is 1. The largest absolute Gasteiger partial charge is 0.346 e. The van der Waals surface area contributed by atoms with E-state index in [1.54, 1.807) is 12.3 Å². The van der Waals surface area contributed by atoms with Gasteiger partial charge in [-0.1, -0.05) is 13.8 Å². The first kappa shape index (κ1) is 18.6. The Bertz CT molecular complexity index is 758. The number of imidazole rings is 1. The van der Waals surface area contributed by atoms with Crippen molar-refractivity contribution in [2.45, 2.75) is 32.7 Å². The molecule has 0 bridgehead atoms. The fourth-order valence-corrected chi connectivity index (χ4v) is 2.86. The van der Waals surface area contributed by atoms with Crippen molar-refractivity contribution in [3.63, 3.8) is 0 Å². The molecule has 8 heteroatoms. The Hall–Kier alpha value is -2.74. The average molecular weight is 345 g/mol. The van der Waals surface area contributed by atoms with E-state index >= 15 is 0 Å². The Kier molecular flexibility index (Phi) is 5.53. The van der Waals surface area contributed by atoms with Crippen LogP contribution in [0.4, 0.5) is 5.69 Å². The summed E-state index contributed by atoms with van der Waals surface area (Å²) in [5.74, 6) is -0.0271. The molecule has 1 amide bonds. The van der Waals surface area contributed by atoms with E-state index in [4.69, 9.17) is 5.73 Å². The van der Waals surface area contributed by atoms with Gasteiger partial charge < -0.3 is 15.6 Å². The van der Waals surface area contributed by atoms with Crippen molar-refractivity contribution in [2.24, 2.45) is 11.7 Å². The summed E-state index contributed by atoms with van der Waals surface area (Å²) >= 11 is 0. The highest BCUT2D eigenvalue weighted by atomic mass is 16.6. The maximum atomic E-state index is 12.6. The topological polar surface area (TPSA) is 116 Å². The molecule has 0 aliphatic heterocycles. The van der Waals surface area contributed by atoms with Gasteiger partial charge >= 0.3 is 0 Å². The van der Waals surface area contributed by atoms with Crippen LogP contribution in [0.1, 0.15) is 37.6 Å². The van der Waals surface area contributed by atoms with Crippen LogP contribution in [0.2, 0.25) is 0 Å². The van der Waals surface area contributed by atoms with Crippen molar-refractivity contribution < 1.29 is 9.72 Å². The molecule has 1 aromatic heterocycles. The summed E-state index contributed by atoms with van der Waals surface area (Å²) in [5.41, 5.74) is 5.66. The molecule has 0 saturated heterocycles. The fraction of sp³-hybridized carbons (Fsp3) is 0.412. The van der Waals surface area contributed by atoms with Crippen LogP contribution in [-0.4, -0.2) is 32.5 Å². The van der Waals surface area contributed by atoms with E-state index < -0.39 is 10.5 Å². The maximum Gasteiger partial charge on any atom is 0.294 e. The number of aromatic nitrogens is 2.